The van der Waals surface area contributed by atoms with Gasteiger partial charge in [-0.15, -0.1) is 0 Å². The minimum Gasteiger partial charge on any atom is -0.378 e. The number of rotatable bonds is 4. The molecule has 2 aromatic carbocycles. The Morgan fingerprint density at radius 1 is 1.07 bits per heavy atom. The highest BCUT2D eigenvalue weighted by molar-refractivity contribution is 5.77. The van der Waals surface area contributed by atoms with Crippen LogP contribution in [0.25, 0.3) is 22.4 Å². The predicted molar refractivity (Wildman–Crippen MR) is 108 cm³/mol. The number of halogens is 2. The molecule has 0 atom stereocenters. The molecule has 6 nitrogen and oxygen atoms in total. The topological polar surface area (TPSA) is 57.9 Å². The number of H-pyrrole nitrogens is 1. The minimum atomic E-state index is -0.919. The normalized spacial score (nSPS) is 14.4. The molecule has 4 aromatic rings. The molecule has 1 aliphatic rings. The standard InChI is InChI=1S/C22H19F2N5O/c23-18-3-1-2-17(21(18)24)22-26-19-12-25-29(14-20(19)27-22)13-15-4-6-16(7-5-15)28-8-10-30-11-9-28/h1-7,12,14H,8-11,13H2/p+1. The van der Waals surface area contributed by atoms with E-state index in [0.29, 0.717) is 17.6 Å². The van der Waals surface area contributed by atoms with Gasteiger partial charge in [0.25, 0.3) is 0 Å². The van der Waals surface area contributed by atoms with E-state index in [-0.39, 0.29) is 11.4 Å². The quantitative estimate of drug-likeness (QED) is 0.528. The van der Waals surface area contributed by atoms with Gasteiger partial charge in [0.15, 0.2) is 18.2 Å². The van der Waals surface area contributed by atoms with Crippen LogP contribution in [0, 0.1) is 11.6 Å². The summed E-state index contributed by atoms with van der Waals surface area (Å²) in [4.78, 5) is 9.71. The second-order valence-corrected chi connectivity index (χ2v) is 7.22. The third kappa shape index (κ3) is 3.61. The van der Waals surface area contributed by atoms with Crippen LogP contribution in [-0.4, -0.2) is 41.4 Å². The summed E-state index contributed by atoms with van der Waals surface area (Å²) in [6, 6.07) is 12.4. The summed E-state index contributed by atoms with van der Waals surface area (Å²) in [6.45, 7) is 3.91. The van der Waals surface area contributed by atoms with Crippen LogP contribution < -0.4 is 9.58 Å². The fraction of sp³-hybridized carbons (Fsp3) is 0.227. The van der Waals surface area contributed by atoms with E-state index in [0.717, 1.165) is 37.9 Å². The van der Waals surface area contributed by atoms with Crippen LogP contribution in [0.3, 0.4) is 0 Å². The van der Waals surface area contributed by atoms with Crippen molar-refractivity contribution in [1.29, 1.82) is 0 Å². The van der Waals surface area contributed by atoms with Gasteiger partial charge < -0.3 is 14.6 Å². The Morgan fingerprint density at radius 3 is 2.67 bits per heavy atom. The average molecular weight is 408 g/mol. The van der Waals surface area contributed by atoms with E-state index in [1.54, 1.807) is 10.9 Å². The van der Waals surface area contributed by atoms with Crippen LogP contribution in [0.1, 0.15) is 5.56 Å². The Morgan fingerprint density at radius 2 is 1.87 bits per heavy atom. The molecule has 1 saturated heterocycles. The maximum Gasteiger partial charge on any atom is 0.222 e. The molecule has 0 amide bonds. The molecule has 0 saturated carbocycles. The molecule has 0 bridgehead atoms. The van der Waals surface area contributed by atoms with E-state index in [4.69, 9.17) is 4.74 Å². The van der Waals surface area contributed by atoms with Crippen LogP contribution in [0.2, 0.25) is 0 Å². The maximum absolute atomic E-state index is 14.1. The first-order valence-electron chi connectivity index (χ1n) is 9.79. The van der Waals surface area contributed by atoms with E-state index in [2.05, 4.69) is 44.2 Å². The summed E-state index contributed by atoms with van der Waals surface area (Å²) in [7, 11) is 0. The molecular weight excluding hydrogens is 388 g/mol. The zero-order valence-electron chi connectivity index (χ0n) is 16.2. The molecule has 0 radical (unpaired) electrons. The highest BCUT2D eigenvalue weighted by atomic mass is 19.2. The molecule has 1 aliphatic heterocycles. The number of ether oxygens (including phenoxy) is 1. The van der Waals surface area contributed by atoms with E-state index >= 15 is 0 Å². The lowest BCUT2D eigenvalue weighted by atomic mass is 10.2. The first-order chi connectivity index (χ1) is 14.7. The summed E-state index contributed by atoms with van der Waals surface area (Å²) in [5.74, 6) is -1.55. The molecule has 1 N–H and O–H groups in total. The van der Waals surface area contributed by atoms with Gasteiger partial charge in [-0.25, -0.2) is 13.8 Å². The van der Waals surface area contributed by atoms with Crippen LogP contribution >= 0.6 is 0 Å². The van der Waals surface area contributed by atoms with Gasteiger partial charge >= 0.3 is 0 Å². The summed E-state index contributed by atoms with van der Waals surface area (Å²) in [5, 5.41) is 4.40. The monoisotopic (exact) mass is 408 g/mol. The van der Waals surface area contributed by atoms with Crippen molar-refractivity contribution in [2.45, 2.75) is 6.54 Å². The number of hydrogen-bond donors (Lipinski definition) is 1. The molecule has 8 heteroatoms. The van der Waals surface area contributed by atoms with Crippen molar-refractivity contribution in [3.8, 4) is 11.4 Å². The van der Waals surface area contributed by atoms with Crippen molar-refractivity contribution in [3.63, 3.8) is 0 Å². The van der Waals surface area contributed by atoms with Gasteiger partial charge in [0.2, 0.25) is 6.20 Å². The minimum absolute atomic E-state index is 0.0939. The maximum atomic E-state index is 14.1. The number of benzene rings is 2. The lowest BCUT2D eigenvalue weighted by molar-refractivity contribution is -0.745. The number of nitrogens with zero attached hydrogens (tertiary/aromatic N) is 4. The smallest absolute Gasteiger partial charge is 0.222 e. The summed E-state index contributed by atoms with van der Waals surface area (Å²) >= 11 is 0. The zero-order chi connectivity index (χ0) is 20.5. The van der Waals surface area contributed by atoms with Crippen LogP contribution in [-0.2, 0) is 11.3 Å². The van der Waals surface area contributed by atoms with Gasteiger partial charge in [0.1, 0.15) is 23.1 Å². The Labute approximate surface area is 171 Å². The number of nitrogens with one attached hydrogen (secondary N) is 1. The highest BCUT2D eigenvalue weighted by Gasteiger charge is 2.16. The molecular formula is C22H20F2N5O+. The molecule has 1 fully saturated rings. The first kappa shape index (κ1) is 18.6. The van der Waals surface area contributed by atoms with Crippen LogP contribution in [0.15, 0.2) is 54.9 Å². The first-order valence-corrected chi connectivity index (χ1v) is 9.79. The number of aromatic nitrogens is 4. The average Bonchev–Trinajstić information content (AvgIpc) is 3.20. The Bertz CT molecular complexity index is 1190. The van der Waals surface area contributed by atoms with Gasteiger partial charge in [-0.1, -0.05) is 22.9 Å². The lowest BCUT2D eigenvalue weighted by Gasteiger charge is -2.28. The van der Waals surface area contributed by atoms with Crippen molar-refractivity contribution in [3.05, 3.63) is 72.1 Å². The number of fused-ring (bicyclic) bond motifs is 1. The van der Waals surface area contributed by atoms with Crippen molar-refractivity contribution in [1.82, 2.24) is 15.1 Å². The van der Waals surface area contributed by atoms with Gasteiger partial charge in [0.05, 0.1) is 18.8 Å². The van der Waals surface area contributed by atoms with Crippen molar-refractivity contribution in [2.75, 3.05) is 31.2 Å². The summed E-state index contributed by atoms with van der Waals surface area (Å²) < 4.78 is 34.8. The summed E-state index contributed by atoms with van der Waals surface area (Å²) in [5.41, 5.74) is 3.68. The second kappa shape index (κ2) is 7.79. The third-order valence-electron chi connectivity index (χ3n) is 5.23. The van der Waals surface area contributed by atoms with E-state index in [9.17, 15) is 8.78 Å². The highest BCUT2D eigenvalue weighted by Crippen LogP contribution is 2.23. The van der Waals surface area contributed by atoms with Gasteiger partial charge in [-0.3, -0.25) is 0 Å². The third-order valence-corrected chi connectivity index (χ3v) is 5.23. The number of aromatic amines is 1. The van der Waals surface area contributed by atoms with Crippen molar-refractivity contribution >= 4 is 16.7 Å². The fourth-order valence-corrected chi connectivity index (χ4v) is 3.63. The SMILES string of the molecule is Fc1cccc(-c2nc3cn[n+](Cc4ccc(N5CCOCC5)cc4)cc3[nH]2)c1F. The molecule has 30 heavy (non-hydrogen) atoms. The van der Waals surface area contributed by atoms with Gasteiger partial charge in [0, 0.05) is 24.3 Å². The largest absolute Gasteiger partial charge is 0.378 e. The number of hydrogen-bond acceptors (Lipinski definition) is 4. The predicted octanol–water partition coefficient (Wildman–Crippen LogP) is 3.08. The molecule has 3 heterocycles. The van der Waals surface area contributed by atoms with E-state index in [1.807, 2.05) is 6.20 Å². The summed E-state index contributed by atoms with van der Waals surface area (Å²) in [6.07, 6.45) is 3.44. The Hall–Kier alpha value is -3.39. The van der Waals surface area contributed by atoms with Gasteiger partial charge in [-0.2, -0.15) is 0 Å². The Kier molecular flexibility index (Phi) is 4.84. The zero-order valence-corrected chi connectivity index (χ0v) is 16.2. The van der Waals surface area contributed by atoms with Crippen molar-refractivity contribution in [2.24, 2.45) is 0 Å². The Balaban J connectivity index is 1.37. The van der Waals surface area contributed by atoms with E-state index < -0.39 is 11.6 Å². The fourth-order valence-electron chi connectivity index (χ4n) is 3.63. The van der Waals surface area contributed by atoms with Crippen LogP contribution in [0.5, 0.6) is 0 Å². The molecule has 0 spiro atoms. The molecule has 0 unspecified atom stereocenters. The molecule has 5 rings (SSSR count). The number of morpholine rings is 1. The van der Waals surface area contributed by atoms with Crippen LogP contribution in [0.4, 0.5) is 14.5 Å². The number of imidazole rings is 1. The lowest BCUT2D eigenvalue weighted by Crippen LogP contribution is -2.38. The van der Waals surface area contributed by atoms with Crippen molar-refractivity contribution < 1.29 is 18.2 Å². The number of anilines is 1. The molecule has 152 valence electrons. The second-order valence-electron chi connectivity index (χ2n) is 7.22. The van der Waals surface area contributed by atoms with E-state index in [1.165, 1.54) is 17.8 Å². The molecule has 2 aromatic heterocycles. The van der Waals surface area contributed by atoms with Gasteiger partial charge in [-0.05, 0) is 29.4 Å². The molecule has 0 aliphatic carbocycles.